The fraction of sp³-hybridized carbons (Fsp3) is 0.481. The molecule has 22 heteroatoms. The van der Waals surface area contributed by atoms with Crippen molar-refractivity contribution in [1.82, 2.24) is 5.32 Å². The largest absolute Gasteiger partial charge is 0.433 e. The molecule has 0 unspecified atom stereocenters. The summed E-state index contributed by atoms with van der Waals surface area (Å²) in [6, 6.07) is 20.6. The number of rotatable bonds is 11. The summed E-state index contributed by atoms with van der Waals surface area (Å²) in [4.78, 5) is 18.5. The summed E-state index contributed by atoms with van der Waals surface area (Å²) in [5.74, 6) is 0. The molecule has 414 valence electrons. The zero-order valence-corrected chi connectivity index (χ0v) is 42.7. The Kier molecular flexibility index (Phi) is 21.0. The maximum atomic E-state index is 13.3. The lowest BCUT2D eigenvalue weighted by Gasteiger charge is -2.41. The number of amides is 2. The Labute approximate surface area is 436 Å². The Morgan fingerprint density at radius 3 is 1.13 bits per heavy atom. The van der Waals surface area contributed by atoms with Crippen molar-refractivity contribution in [2.24, 2.45) is 11.5 Å². The molecule has 0 saturated heterocycles. The van der Waals surface area contributed by atoms with Gasteiger partial charge in [-0.25, -0.2) is 17.9 Å². The van der Waals surface area contributed by atoms with E-state index >= 15 is 0 Å². The third-order valence-corrected chi connectivity index (χ3v) is 14.1. The Balaban J connectivity index is 0.000000358. The Morgan fingerprint density at radius 2 is 0.882 bits per heavy atom. The van der Waals surface area contributed by atoms with Gasteiger partial charge < -0.3 is 19.7 Å². The van der Waals surface area contributed by atoms with E-state index in [0.717, 1.165) is 11.1 Å². The average Bonchev–Trinajstić information content (AvgIpc) is 3.35. The van der Waals surface area contributed by atoms with Crippen LogP contribution < -0.4 is 16.8 Å². The number of nitrogens with one attached hydrogen (secondary N) is 1. The van der Waals surface area contributed by atoms with E-state index in [9.17, 15) is 57.5 Å². The highest BCUT2D eigenvalue weighted by atomic mass is 28.3. The fourth-order valence-corrected chi connectivity index (χ4v) is 8.71. The number of hydrogen-bond acceptors (Lipinski definition) is 4. The van der Waals surface area contributed by atoms with E-state index in [1.165, 1.54) is 13.8 Å². The number of alkyl halides is 12. The van der Waals surface area contributed by atoms with Crippen molar-refractivity contribution in [2.45, 2.75) is 151 Å². The smallest absolute Gasteiger partial charge is 0.412 e. The predicted molar refractivity (Wildman–Crippen MR) is 267 cm³/mol. The van der Waals surface area contributed by atoms with Gasteiger partial charge in [0.15, 0.2) is 0 Å². The molecule has 0 aromatic heterocycles. The van der Waals surface area contributed by atoms with Crippen LogP contribution in [0.15, 0.2) is 97.1 Å². The Morgan fingerprint density at radius 1 is 0.579 bits per heavy atom. The molecule has 0 heterocycles. The zero-order valence-electron chi connectivity index (χ0n) is 41.7. The minimum absolute atomic E-state index is 0. The number of nitrogens with two attached hydrogens (primary N) is 2. The summed E-state index contributed by atoms with van der Waals surface area (Å²) in [6.07, 6.45) is -18.8. The molecular weight excluding hydrogens is 1040 g/mol. The van der Waals surface area contributed by atoms with Gasteiger partial charge in [-0.3, -0.25) is 27.3 Å². The summed E-state index contributed by atoms with van der Waals surface area (Å²) in [5.41, 5.74) is 3.75. The SMILES string of the molecule is C.[C-]#[N+]C1(N)CCC(CO[C@H](C)c2cc(C(F)(F)F)cc(C(F)(F)F)c2)(c2ccccc2)CC1.[C-]#[N+]C1(NC(N)=O)CCC(CO[C@H](C)c2cc(C(F)(F)F)cc(C(F)(F)F)c2)(c2ccccc2)CC1.[C-]#[N+][Si](C)(C)C. The van der Waals surface area contributed by atoms with Crippen LogP contribution in [0.1, 0.15) is 129 Å². The number of primary amides is 1. The van der Waals surface area contributed by atoms with Crippen LogP contribution in [-0.2, 0) is 45.0 Å². The number of carbonyl (C=O) groups is 1. The monoisotopic (exact) mass is 1100 g/mol. The van der Waals surface area contributed by atoms with Crippen LogP contribution >= 0.6 is 0 Å². The van der Waals surface area contributed by atoms with Gasteiger partial charge >= 0.3 is 44.6 Å². The van der Waals surface area contributed by atoms with Gasteiger partial charge in [-0.1, -0.05) is 68.1 Å². The molecule has 2 aliphatic rings. The molecule has 0 aliphatic heterocycles. The minimum Gasteiger partial charge on any atom is -0.412 e. The number of benzene rings is 4. The summed E-state index contributed by atoms with van der Waals surface area (Å²) in [7, 11) is -1.34. The lowest BCUT2D eigenvalue weighted by molar-refractivity contribution is -0.145. The van der Waals surface area contributed by atoms with Crippen LogP contribution in [0.25, 0.3) is 14.2 Å². The molecule has 4 aromatic carbocycles. The van der Waals surface area contributed by atoms with Crippen LogP contribution in [0.3, 0.4) is 0 Å². The highest BCUT2D eigenvalue weighted by Gasteiger charge is 2.50. The van der Waals surface area contributed by atoms with E-state index < -0.39 is 95.6 Å². The average molecular weight is 1100 g/mol. The quantitative estimate of drug-likeness (QED) is 0.0789. The molecule has 2 amide bonds. The lowest BCUT2D eigenvalue weighted by atomic mass is 9.67. The molecule has 76 heavy (non-hydrogen) atoms. The highest BCUT2D eigenvalue weighted by Crippen LogP contribution is 2.47. The molecule has 0 spiro atoms. The molecular formula is C54H62F12N6O3Si. The number of ether oxygens (including phenoxy) is 2. The van der Waals surface area contributed by atoms with Crippen LogP contribution in [0.2, 0.25) is 19.6 Å². The van der Waals surface area contributed by atoms with Gasteiger partial charge in [0.25, 0.3) is 5.66 Å². The van der Waals surface area contributed by atoms with E-state index in [2.05, 4.69) is 19.5 Å². The second-order valence-electron chi connectivity index (χ2n) is 20.0. The third kappa shape index (κ3) is 17.5. The fourth-order valence-electron chi connectivity index (χ4n) is 8.71. The van der Waals surface area contributed by atoms with Gasteiger partial charge in [0.2, 0.25) is 0 Å². The summed E-state index contributed by atoms with van der Waals surface area (Å²) in [5, 5.41) is 2.50. The minimum atomic E-state index is -4.96. The number of carbonyl (C=O) groups excluding carboxylic acids is 1. The molecule has 2 aliphatic carbocycles. The van der Waals surface area contributed by atoms with Crippen LogP contribution in [-0.4, -0.2) is 38.8 Å². The molecule has 2 atom stereocenters. The topological polar surface area (TPSA) is 113 Å². The van der Waals surface area contributed by atoms with Crippen molar-refractivity contribution >= 4 is 14.3 Å². The van der Waals surface area contributed by atoms with Crippen molar-refractivity contribution in [3.8, 4) is 0 Å². The first kappa shape index (κ1) is 64.2. The second kappa shape index (κ2) is 24.9. The van der Waals surface area contributed by atoms with Crippen molar-refractivity contribution in [2.75, 3.05) is 13.2 Å². The number of urea groups is 1. The van der Waals surface area contributed by atoms with Gasteiger partial charge in [-0.05, 0) is 98.2 Å². The Bertz CT molecular complexity index is 2610. The van der Waals surface area contributed by atoms with Gasteiger partial charge in [0.1, 0.15) is 0 Å². The molecule has 0 radical (unpaired) electrons. The van der Waals surface area contributed by atoms with Crippen molar-refractivity contribution in [1.29, 1.82) is 0 Å². The lowest BCUT2D eigenvalue weighted by Crippen LogP contribution is -2.53. The molecule has 2 saturated carbocycles. The summed E-state index contributed by atoms with van der Waals surface area (Å²) in [6.45, 7) is 30.4. The molecule has 5 N–H and O–H groups in total. The maximum Gasteiger partial charge on any atom is 0.433 e. The van der Waals surface area contributed by atoms with E-state index in [0.29, 0.717) is 62.8 Å². The zero-order chi connectivity index (χ0) is 56.5. The highest BCUT2D eigenvalue weighted by molar-refractivity contribution is 6.79. The first-order chi connectivity index (χ1) is 34.5. The third-order valence-electron chi connectivity index (χ3n) is 13.4. The molecule has 4 aromatic rings. The van der Waals surface area contributed by atoms with Gasteiger partial charge in [-0.15, -0.1) is 0 Å². The van der Waals surface area contributed by atoms with Gasteiger partial charge in [0, 0.05) is 56.2 Å². The number of nitrogens with zero attached hydrogens (tertiary/aromatic N) is 3. The Hall–Kier alpha value is -6.12. The van der Waals surface area contributed by atoms with Crippen LogP contribution in [0.5, 0.6) is 0 Å². The van der Waals surface area contributed by atoms with E-state index in [4.69, 9.17) is 40.7 Å². The first-order valence-corrected chi connectivity index (χ1v) is 26.9. The van der Waals surface area contributed by atoms with Crippen molar-refractivity contribution in [3.63, 3.8) is 0 Å². The second-order valence-corrected chi connectivity index (χ2v) is 24.6. The standard InChI is InChI=1S/C25H25F6N3O2.C24H24F6N2O.C4H9NSi.CH4/c1-16(17-12-19(24(26,27)28)14-20(13-17)25(29,30)31)36-15-22(18-6-4-3-5-7-18)8-10-23(33-2,11-9-22)34-21(32)35;1-16(17-12-19(23(25,26)27)14-20(13-17)24(28,29)30)33-15-21(18-6-4-3-5-7-18)8-10-22(31,32-2)11-9-21;1-5-6(2,3)4;/h3-7,12-14,16H,8-11,15H2,1H3,(H3,32,34,35);3-7,12-14,16H,8-11,15,31H2,1H3;2-4H3;1H4/t16-,22?,23?;16-,21?,22?;;/m11../s1. The molecule has 9 nitrogen and oxygen atoms in total. The van der Waals surface area contributed by atoms with Crippen molar-refractivity contribution in [3.05, 3.63) is 175 Å². The van der Waals surface area contributed by atoms with Gasteiger partial charge in [-0.2, -0.15) is 52.7 Å². The molecule has 6 rings (SSSR count). The number of halogens is 12. The van der Waals surface area contributed by atoms with Gasteiger partial charge in [0.05, 0.1) is 47.7 Å². The predicted octanol–water partition coefficient (Wildman–Crippen LogP) is 15.9. The summed E-state index contributed by atoms with van der Waals surface area (Å²) >= 11 is 0. The van der Waals surface area contributed by atoms with E-state index in [1.807, 2.05) is 68.2 Å². The maximum absolute atomic E-state index is 13.3. The first-order valence-electron chi connectivity index (χ1n) is 23.5. The van der Waals surface area contributed by atoms with E-state index in [1.54, 1.807) is 12.1 Å². The molecule has 0 bridgehead atoms. The van der Waals surface area contributed by atoms with Crippen LogP contribution in [0, 0.1) is 19.7 Å². The van der Waals surface area contributed by atoms with Crippen molar-refractivity contribution < 1.29 is 67.0 Å². The van der Waals surface area contributed by atoms with Crippen LogP contribution in [0.4, 0.5) is 57.5 Å². The summed E-state index contributed by atoms with van der Waals surface area (Å²) < 4.78 is 174. The number of hydrogen-bond donors (Lipinski definition) is 3. The molecule has 2 fully saturated rings. The van der Waals surface area contributed by atoms with E-state index in [-0.39, 0.29) is 56.7 Å². The normalized spacial score (nSPS) is 22.7.